The van der Waals surface area contributed by atoms with Gasteiger partial charge >= 0.3 is 6.11 Å². The number of nitrogens with zero attached hydrogens (tertiary/aromatic N) is 1. The molecule has 1 fully saturated rings. The zero-order chi connectivity index (χ0) is 24.2. The average Bonchev–Trinajstić information content (AvgIpc) is 2.77. The standard InChI is InChI=1S/C24H25F6NO2/c1-3-13-23(27,28)17-8-5-15(6-9-17)16-7-12-20(31-14-16)33-24(29,30)18-10-11-19(32-4-2)22(26)21(18)25/h3,7,10-15,17H,4-6,8-9H2,1-2H3/b13-3-. The lowest BCUT2D eigenvalue weighted by molar-refractivity contribution is -0.189. The zero-order valence-corrected chi connectivity index (χ0v) is 18.3. The molecule has 9 heteroatoms. The number of hydrogen-bond donors (Lipinski definition) is 0. The molecule has 0 saturated heterocycles. The first kappa shape index (κ1) is 24.9. The number of ether oxygens (including phenoxy) is 2. The molecule has 0 aliphatic heterocycles. The molecule has 0 bridgehead atoms. The van der Waals surface area contributed by atoms with Crippen LogP contribution >= 0.6 is 0 Å². The van der Waals surface area contributed by atoms with Gasteiger partial charge in [0, 0.05) is 18.2 Å². The lowest BCUT2D eigenvalue weighted by Crippen LogP contribution is -2.29. The van der Waals surface area contributed by atoms with Crippen LogP contribution in [0.4, 0.5) is 26.3 Å². The fourth-order valence-corrected chi connectivity index (χ4v) is 4.07. The van der Waals surface area contributed by atoms with Crippen LogP contribution in [0.2, 0.25) is 0 Å². The summed E-state index contributed by atoms with van der Waals surface area (Å²) in [5.74, 6) is -7.87. The first-order valence-corrected chi connectivity index (χ1v) is 10.7. The van der Waals surface area contributed by atoms with Crippen molar-refractivity contribution < 1.29 is 35.8 Å². The Morgan fingerprint density at radius 1 is 1.00 bits per heavy atom. The Hall–Kier alpha value is -2.71. The predicted molar refractivity (Wildman–Crippen MR) is 111 cm³/mol. The third kappa shape index (κ3) is 5.62. The summed E-state index contributed by atoms with van der Waals surface area (Å²) in [4.78, 5) is 3.86. The minimum atomic E-state index is -4.18. The minimum Gasteiger partial charge on any atom is -0.491 e. The smallest absolute Gasteiger partial charge is 0.430 e. The molecule has 1 aliphatic rings. The Labute approximate surface area is 188 Å². The van der Waals surface area contributed by atoms with Crippen molar-refractivity contribution in [3.05, 3.63) is 65.4 Å². The third-order valence-corrected chi connectivity index (χ3v) is 5.78. The molecular weight excluding hydrogens is 448 g/mol. The Bertz CT molecular complexity index is 970. The number of allylic oxidation sites excluding steroid dienone is 2. The molecule has 0 atom stereocenters. The van der Waals surface area contributed by atoms with Gasteiger partial charge in [0.25, 0.3) is 5.92 Å². The largest absolute Gasteiger partial charge is 0.491 e. The van der Waals surface area contributed by atoms with Crippen molar-refractivity contribution in [2.75, 3.05) is 6.61 Å². The van der Waals surface area contributed by atoms with E-state index in [0.717, 1.165) is 17.7 Å². The van der Waals surface area contributed by atoms with Gasteiger partial charge in [-0.3, -0.25) is 0 Å². The highest BCUT2D eigenvalue weighted by atomic mass is 19.3. The van der Waals surface area contributed by atoms with Gasteiger partial charge in [-0.2, -0.15) is 13.2 Å². The van der Waals surface area contributed by atoms with E-state index in [1.807, 2.05) is 0 Å². The van der Waals surface area contributed by atoms with Crippen LogP contribution in [0.3, 0.4) is 0 Å². The molecule has 1 aromatic heterocycles. The van der Waals surface area contributed by atoms with Gasteiger partial charge in [-0.05, 0) is 69.2 Å². The molecule has 180 valence electrons. The lowest BCUT2D eigenvalue weighted by Gasteiger charge is -2.32. The molecule has 1 aliphatic carbocycles. The maximum absolute atomic E-state index is 14.5. The summed E-state index contributed by atoms with van der Waals surface area (Å²) in [5, 5.41) is 0. The number of alkyl halides is 4. The Balaban J connectivity index is 1.67. The van der Waals surface area contributed by atoms with Crippen LogP contribution in [0, 0.1) is 17.6 Å². The average molecular weight is 473 g/mol. The first-order valence-electron chi connectivity index (χ1n) is 10.7. The Morgan fingerprint density at radius 2 is 1.70 bits per heavy atom. The lowest BCUT2D eigenvalue weighted by atomic mass is 9.76. The molecule has 2 aromatic rings. The van der Waals surface area contributed by atoms with E-state index < -0.39 is 46.8 Å². The van der Waals surface area contributed by atoms with Gasteiger partial charge in [0.05, 0.1) is 6.61 Å². The van der Waals surface area contributed by atoms with E-state index in [2.05, 4.69) is 9.72 Å². The highest BCUT2D eigenvalue weighted by Gasteiger charge is 2.41. The summed E-state index contributed by atoms with van der Waals surface area (Å²) in [5.41, 5.74) is -0.563. The number of pyridine rings is 1. The molecule has 0 unspecified atom stereocenters. The van der Waals surface area contributed by atoms with Gasteiger partial charge in [-0.1, -0.05) is 12.1 Å². The molecule has 0 amide bonds. The van der Waals surface area contributed by atoms with Crippen LogP contribution in [0.5, 0.6) is 11.6 Å². The molecule has 3 nitrogen and oxygen atoms in total. The van der Waals surface area contributed by atoms with Crippen LogP contribution in [-0.4, -0.2) is 17.5 Å². The summed E-state index contributed by atoms with van der Waals surface area (Å²) in [6.45, 7) is 3.14. The van der Waals surface area contributed by atoms with Gasteiger partial charge in [0.15, 0.2) is 11.6 Å². The molecule has 0 radical (unpaired) electrons. The van der Waals surface area contributed by atoms with Crippen molar-refractivity contribution in [1.82, 2.24) is 4.98 Å². The topological polar surface area (TPSA) is 31.4 Å². The number of aromatic nitrogens is 1. The third-order valence-electron chi connectivity index (χ3n) is 5.78. The van der Waals surface area contributed by atoms with Gasteiger partial charge in [0.2, 0.25) is 11.7 Å². The monoisotopic (exact) mass is 473 g/mol. The molecule has 3 rings (SSSR count). The van der Waals surface area contributed by atoms with Crippen molar-refractivity contribution in [3.63, 3.8) is 0 Å². The maximum Gasteiger partial charge on any atom is 0.430 e. The van der Waals surface area contributed by atoms with Gasteiger partial charge in [-0.25, -0.2) is 18.2 Å². The van der Waals surface area contributed by atoms with Crippen molar-refractivity contribution in [2.45, 2.75) is 57.5 Å². The van der Waals surface area contributed by atoms with E-state index in [0.29, 0.717) is 31.7 Å². The molecule has 1 saturated carbocycles. The van der Waals surface area contributed by atoms with Crippen molar-refractivity contribution in [2.24, 2.45) is 5.92 Å². The van der Waals surface area contributed by atoms with E-state index in [4.69, 9.17) is 4.74 Å². The minimum absolute atomic E-state index is 0.0256. The van der Waals surface area contributed by atoms with Crippen molar-refractivity contribution in [1.29, 1.82) is 0 Å². The summed E-state index contributed by atoms with van der Waals surface area (Å²) in [6, 6.07) is 4.33. The second kappa shape index (κ2) is 10.1. The van der Waals surface area contributed by atoms with Crippen LogP contribution in [-0.2, 0) is 6.11 Å². The van der Waals surface area contributed by atoms with E-state index in [1.54, 1.807) is 13.8 Å². The second-order valence-corrected chi connectivity index (χ2v) is 7.94. The number of rotatable bonds is 8. The molecule has 0 N–H and O–H groups in total. The number of hydrogen-bond acceptors (Lipinski definition) is 3. The highest BCUT2D eigenvalue weighted by Crippen LogP contribution is 2.43. The van der Waals surface area contributed by atoms with Crippen LogP contribution in [0.15, 0.2) is 42.6 Å². The van der Waals surface area contributed by atoms with Crippen LogP contribution < -0.4 is 9.47 Å². The van der Waals surface area contributed by atoms with E-state index in [-0.39, 0.29) is 12.5 Å². The molecule has 1 heterocycles. The Kier molecular flexibility index (Phi) is 7.59. The fraction of sp³-hybridized carbons (Fsp3) is 0.458. The molecule has 33 heavy (non-hydrogen) atoms. The van der Waals surface area contributed by atoms with Crippen LogP contribution in [0.1, 0.15) is 56.6 Å². The van der Waals surface area contributed by atoms with E-state index in [1.165, 1.54) is 24.4 Å². The quantitative estimate of drug-likeness (QED) is 0.296. The molecular formula is C24H25F6NO2. The predicted octanol–water partition coefficient (Wildman–Crippen LogP) is 7.37. The summed E-state index contributed by atoms with van der Waals surface area (Å²) in [7, 11) is 0. The summed E-state index contributed by atoms with van der Waals surface area (Å²) < 4.78 is 94.6. The first-order chi connectivity index (χ1) is 15.6. The summed E-state index contributed by atoms with van der Waals surface area (Å²) >= 11 is 0. The maximum atomic E-state index is 14.5. The fourth-order valence-electron chi connectivity index (χ4n) is 4.07. The highest BCUT2D eigenvalue weighted by molar-refractivity contribution is 5.33. The van der Waals surface area contributed by atoms with E-state index >= 15 is 0 Å². The van der Waals surface area contributed by atoms with Gasteiger partial charge in [0.1, 0.15) is 5.56 Å². The number of halogens is 6. The zero-order valence-electron chi connectivity index (χ0n) is 18.3. The summed E-state index contributed by atoms with van der Waals surface area (Å²) in [6.07, 6.45) is 1.14. The Morgan fingerprint density at radius 3 is 2.27 bits per heavy atom. The SMILES string of the molecule is C/C=C\C(F)(F)C1CCC(c2ccc(OC(F)(F)c3ccc(OCC)c(F)c3F)nc2)CC1. The number of benzene rings is 1. The van der Waals surface area contributed by atoms with Gasteiger partial charge < -0.3 is 9.47 Å². The van der Waals surface area contributed by atoms with Crippen molar-refractivity contribution in [3.8, 4) is 11.6 Å². The van der Waals surface area contributed by atoms with Crippen LogP contribution in [0.25, 0.3) is 0 Å². The van der Waals surface area contributed by atoms with Crippen molar-refractivity contribution >= 4 is 0 Å². The molecule has 0 spiro atoms. The molecule has 1 aromatic carbocycles. The second-order valence-electron chi connectivity index (χ2n) is 7.94. The van der Waals surface area contributed by atoms with Gasteiger partial charge in [-0.15, -0.1) is 0 Å². The normalized spacial score (nSPS) is 19.6. The van der Waals surface area contributed by atoms with E-state index in [9.17, 15) is 26.3 Å².